The third-order valence-corrected chi connectivity index (χ3v) is 4.60. The van der Waals surface area contributed by atoms with Crippen LogP contribution in [0.15, 0.2) is 54.7 Å². The normalized spacial score (nSPS) is 12.3. The second-order valence-corrected chi connectivity index (χ2v) is 6.78. The van der Waals surface area contributed by atoms with Crippen molar-refractivity contribution in [2.75, 3.05) is 12.1 Å². The molecule has 0 aliphatic carbocycles. The van der Waals surface area contributed by atoms with Crippen LogP contribution in [0.1, 0.15) is 11.1 Å². The number of anilines is 1. The Hall–Kier alpha value is -3.85. The van der Waals surface area contributed by atoms with Gasteiger partial charge in [0, 0.05) is 17.2 Å². The van der Waals surface area contributed by atoms with Gasteiger partial charge in [-0.1, -0.05) is 23.7 Å². The number of aromatic nitrogens is 2. The zero-order valence-electron chi connectivity index (χ0n) is 15.4. The van der Waals surface area contributed by atoms with E-state index in [0.29, 0.717) is 28.9 Å². The number of benzene rings is 2. The van der Waals surface area contributed by atoms with Crippen LogP contribution in [-0.4, -0.2) is 27.4 Å². The highest BCUT2D eigenvalue weighted by Crippen LogP contribution is 2.38. The summed E-state index contributed by atoms with van der Waals surface area (Å²) in [4.78, 5) is 23.1. The predicted octanol–water partition coefficient (Wildman–Crippen LogP) is 3.87. The first kappa shape index (κ1) is 19.5. The number of nitro benzene ring substituents is 1. The smallest absolute Gasteiger partial charge is 0.280 e. The summed E-state index contributed by atoms with van der Waals surface area (Å²) in [5.41, 5.74) is 1.01. The van der Waals surface area contributed by atoms with Crippen LogP contribution in [0.4, 0.5) is 11.5 Å². The molecule has 0 atom stereocenters. The van der Waals surface area contributed by atoms with Crippen molar-refractivity contribution < 1.29 is 19.2 Å². The van der Waals surface area contributed by atoms with Gasteiger partial charge in [0.2, 0.25) is 12.7 Å². The molecule has 10 heteroatoms. The lowest BCUT2D eigenvalue weighted by atomic mass is 10.1. The van der Waals surface area contributed by atoms with Gasteiger partial charge in [0.05, 0.1) is 29.3 Å². The van der Waals surface area contributed by atoms with Gasteiger partial charge in [-0.3, -0.25) is 14.9 Å². The Morgan fingerprint density at radius 2 is 1.97 bits per heavy atom. The van der Waals surface area contributed by atoms with Gasteiger partial charge in [-0.15, -0.1) is 0 Å². The molecule has 2 aromatic carbocycles. The summed E-state index contributed by atoms with van der Waals surface area (Å²) >= 11 is 5.90. The van der Waals surface area contributed by atoms with Crippen LogP contribution < -0.4 is 14.8 Å². The molecule has 0 bridgehead atoms. The van der Waals surface area contributed by atoms with Crippen LogP contribution >= 0.6 is 11.6 Å². The molecule has 30 heavy (non-hydrogen) atoms. The SMILES string of the molecule is O=C(/C=C/c1cc2c(cc1[N+](=O)[O-])OCO2)Nc1ccnn1Cc1ccc(Cl)cc1. The molecule has 4 rings (SSSR count). The monoisotopic (exact) mass is 426 g/mol. The second-order valence-electron chi connectivity index (χ2n) is 6.34. The zero-order chi connectivity index (χ0) is 21.1. The Bertz CT molecular complexity index is 1140. The summed E-state index contributed by atoms with van der Waals surface area (Å²) in [5, 5.41) is 18.9. The van der Waals surface area contributed by atoms with E-state index in [0.717, 1.165) is 5.56 Å². The van der Waals surface area contributed by atoms with E-state index in [4.69, 9.17) is 21.1 Å². The van der Waals surface area contributed by atoms with Crippen molar-refractivity contribution in [2.24, 2.45) is 0 Å². The largest absolute Gasteiger partial charge is 0.454 e. The lowest BCUT2D eigenvalue weighted by Gasteiger charge is -2.08. The fourth-order valence-electron chi connectivity index (χ4n) is 2.90. The number of amides is 1. The van der Waals surface area contributed by atoms with Crippen molar-refractivity contribution in [2.45, 2.75) is 6.54 Å². The predicted molar refractivity (Wildman–Crippen MR) is 110 cm³/mol. The summed E-state index contributed by atoms with van der Waals surface area (Å²) in [6.45, 7) is 0.439. The molecule has 0 fully saturated rings. The maximum absolute atomic E-state index is 12.4. The number of hydrogen-bond acceptors (Lipinski definition) is 6. The highest BCUT2D eigenvalue weighted by Gasteiger charge is 2.22. The summed E-state index contributed by atoms with van der Waals surface area (Å²) in [7, 11) is 0. The summed E-state index contributed by atoms with van der Waals surface area (Å²) < 4.78 is 12.0. The van der Waals surface area contributed by atoms with Crippen LogP contribution in [0.2, 0.25) is 5.02 Å². The number of halogens is 1. The highest BCUT2D eigenvalue weighted by atomic mass is 35.5. The molecule has 0 spiro atoms. The summed E-state index contributed by atoms with van der Waals surface area (Å²) in [6, 6.07) is 11.7. The minimum absolute atomic E-state index is 0.00223. The molecule has 1 aliphatic rings. The number of nitrogens with one attached hydrogen (secondary N) is 1. The molecule has 0 saturated heterocycles. The molecule has 3 aromatic rings. The van der Waals surface area contributed by atoms with Crippen molar-refractivity contribution in [1.82, 2.24) is 9.78 Å². The third-order valence-electron chi connectivity index (χ3n) is 4.35. The standard InChI is InChI=1S/C20H15ClN4O5/c21-15-4-1-13(2-5-15)11-24-19(7-8-22-24)23-20(26)6-3-14-9-17-18(30-12-29-17)10-16(14)25(27)28/h1-10H,11-12H2,(H,23,26)/b6-3+. The van der Waals surface area contributed by atoms with Gasteiger partial charge in [0.1, 0.15) is 5.82 Å². The van der Waals surface area contributed by atoms with Crippen LogP contribution in [-0.2, 0) is 11.3 Å². The molecule has 152 valence electrons. The van der Waals surface area contributed by atoms with Crippen LogP contribution in [0.5, 0.6) is 11.5 Å². The van der Waals surface area contributed by atoms with E-state index < -0.39 is 10.8 Å². The van der Waals surface area contributed by atoms with Gasteiger partial charge in [0.25, 0.3) is 5.69 Å². The van der Waals surface area contributed by atoms with E-state index in [9.17, 15) is 14.9 Å². The molecule has 0 saturated carbocycles. The Kier molecular flexibility index (Phi) is 5.36. The molecule has 9 nitrogen and oxygen atoms in total. The third kappa shape index (κ3) is 4.26. The zero-order valence-corrected chi connectivity index (χ0v) is 16.2. The Balaban J connectivity index is 1.48. The Labute approximate surface area is 175 Å². The van der Waals surface area contributed by atoms with Gasteiger partial charge in [0.15, 0.2) is 11.5 Å². The second kappa shape index (κ2) is 8.26. The molecule has 1 amide bonds. The molecular weight excluding hydrogens is 412 g/mol. The number of carbonyl (C=O) groups is 1. The minimum atomic E-state index is -0.541. The van der Waals surface area contributed by atoms with E-state index in [-0.39, 0.29) is 18.0 Å². The average molecular weight is 427 g/mol. The summed E-state index contributed by atoms with van der Waals surface area (Å²) in [5.74, 6) is 0.718. The topological polar surface area (TPSA) is 109 Å². The van der Waals surface area contributed by atoms with Gasteiger partial charge in [-0.05, 0) is 29.8 Å². The number of nitrogens with zero attached hydrogens (tertiary/aromatic N) is 3. The molecule has 2 heterocycles. The summed E-state index contributed by atoms with van der Waals surface area (Å²) in [6.07, 6.45) is 4.14. The van der Waals surface area contributed by atoms with Crippen LogP contribution in [0.25, 0.3) is 6.08 Å². The van der Waals surface area contributed by atoms with Crippen molar-refractivity contribution in [1.29, 1.82) is 0 Å². The molecule has 0 radical (unpaired) electrons. The molecular formula is C20H15ClN4O5. The van der Waals surface area contributed by atoms with Crippen molar-refractivity contribution in [3.8, 4) is 11.5 Å². The minimum Gasteiger partial charge on any atom is -0.454 e. The lowest BCUT2D eigenvalue weighted by Crippen LogP contribution is -2.13. The van der Waals surface area contributed by atoms with E-state index in [1.807, 2.05) is 12.1 Å². The number of fused-ring (bicyclic) bond motifs is 1. The fraction of sp³-hybridized carbons (Fsp3) is 0.100. The number of rotatable bonds is 6. The van der Waals surface area contributed by atoms with Crippen molar-refractivity contribution >= 4 is 35.1 Å². The average Bonchev–Trinajstić information content (AvgIpc) is 3.36. The van der Waals surface area contributed by atoms with Gasteiger partial charge >= 0.3 is 0 Å². The van der Waals surface area contributed by atoms with Gasteiger partial charge in [-0.2, -0.15) is 5.10 Å². The first-order valence-corrected chi connectivity index (χ1v) is 9.21. The van der Waals surface area contributed by atoms with E-state index >= 15 is 0 Å². The number of ether oxygens (including phenoxy) is 2. The van der Waals surface area contributed by atoms with E-state index in [2.05, 4.69) is 10.4 Å². The molecule has 1 aromatic heterocycles. The molecule has 1 N–H and O–H groups in total. The van der Waals surface area contributed by atoms with E-state index in [1.165, 1.54) is 24.3 Å². The van der Waals surface area contributed by atoms with Crippen molar-refractivity contribution in [3.63, 3.8) is 0 Å². The number of carbonyl (C=O) groups excluding carboxylic acids is 1. The molecule has 0 unspecified atom stereocenters. The maximum Gasteiger partial charge on any atom is 0.280 e. The van der Waals surface area contributed by atoms with Crippen LogP contribution in [0, 0.1) is 10.1 Å². The lowest BCUT2D eigenvalue weighted by molar-refractivity contribution is -0.385. The van der Waals surface area contributed by atoms with Gasteiger partial charge in [-0.25, -0.2) is 4.68 Å². The fourth-order valence-corrected chi connectivity index (χ4v) is 3.03. The quantitative estimate of drug-likeness (QED) is 0.364. The number of nitro groups is 1. The first-order chi connectivity index (χ1) is 14.5. The number of hydrogen-bond donors (Lipinski definition) is 1. The van der Waals surface area contributed by atoms with Gasteiger partial charge < -0.3 is 14.8 Å². The maximum atomic E-state index is 12.4. The highest BCUT2D eigenvalue weighted by molar-refractivity contribution is 6.30. The van der Waals surface area contributed by atoms with E-state index in [1.54, 1.807) is 29.1 Å². The Morgan fingerprint density at radius 1 is 1.23 bits per heavy atom. The Morgan fingerprint density at radius 3 is 2.70 bits per heavy atom. The molecule has 1 aliphatic heterocycles. The first-order valence-electron chi connectivity index (χ1n) is 8.83. The van der Waals surface area contributed by atoms with Crippen molar-refractivity contribution in [3.05, 3.63) is 81.0 Å². The van der Waals surface area contributed by atoms with Crippen LogP contribution in [0.3, 0.4) is 0 Å².